The maximum absolute atomic E-state index is 10.8. The number of aliphatic carboxylic acids is 1. The number of carbonyl (C=O) groups is 1. The highest BCUT2D eigenvalue weighted by Gasteiger charge is 2.20. The van der Waals surface area contributed by atoms with Crippen molar-refractivity contribution in [2.45, 2.75) is 45.6 Å². The fourth-order valence-electron chi connectivity index (χ4n) is 4.62. The highest BCUT2D eigenvalue weighted by Crippen LogP contribution is 2.36. The Morgan fingerprint density at radius 1 is 1.10 bits per heavy atom. The van der Waals surface area contributed by atoms with Gasteiger partial charge >= 0.3 is 5.97 Å². The van der Waals surface area contributed by atoms with Gasteiger partial charge in [0, 0.05) is 12.1 Å². The molecule has 4 rings (SSSR count). The Kier molecular flexibility index (Phi) is 5.99. The molecular weight excluding hydrogens is 386 g/mol. The minimum atomic E-state index is -0.752. The van der Waals surface area contributed by atoms with Crippen molar-refractivity contribution in [1.29, 1.82) is 0 Å². The third-order valence-electron chi connectivity index (χ3n) is 6.15. The van der Waals surface area contributed by atoms with Gasteiger partial charge in [-0.1, -0.05) is 30.3 Å². The number of nitrogens with one attached hydrogen (secondary N) is 1. The van der Waals surface area contributed by atoms with Gasteiger partial charge in [0.25, 0.3) is 0 Å². The SMILES string of the molecule is COc1cc(C)c(-c2cccc(C3CCc4cc(CCC(=O)O)ccc4N3)c2)c(C)c1. The van der Waals surface area contributed by atoms with Gasteiger partial charge in [-0.05, 0) is 96.3 Å². The van der Waals surface area contributed by atoms with E-state index in [1.165, 1.54) is 33.4 Å². The standard InChI is InChI=1S/C27H29NO3/c1-17-13-23(31-3)14-18(2)27(17)22-6-4-5-20(16-22)25-11-9-21-15-19(8-12-26(29)30)7-10-24(21)28-25/h4-7,10,13-16,25,28H,8-9,11-12H2,1-3H3,(H,29,30). The van der Waals surface area contributed by atoms with E-state index in [0.29, 0.717) is 6.42 Å². The zero-order valence-electron chi connectivity index (χ0n) is 18.4. The number of methoxy groups -OCH3 is 1. The van der Waals surface area contributed by atoms with Gasteiger partial charge in [-0.3, -0.25) is 4.79 Å². The van der Waals surface area contributed by atoms with Crippen LogP contribution in [0.5, 0.6) is 5.75 Å². The smallest absolute Gasteiger partial charge is 0.303 e. The van der Waals surface area contributed by atoms with Crippen molar-refractivity contribution in [2.75, 3.05) is 12.4 Å². The normalized spacial score (nSPS) is 15.1. The Labute approximate surface area is 183 Å². The molecule has 1 unspecified atom stereocenters. The molecule has 4 heteroatoms. The Morgan fingerprint density at radius 3 is 2.58 bits per heavy atom. The number of hydrogen-bond acceptors (Lipinski definition) is 3. The molecule has 0 aromatic heterocycles. The van der Waals surface area contributed by atoms with Crippen LogP contribution in [0.3, 0.4) is 0 Å². The van der Waals surface area contributed by atoms with E-state index >= 15 is 0 Å². The zero-order chi connectivity index (χ0) is 22.0. The van der Waals surface area contributed by atoms with Crippen molar-refractivity contribution < 1.29 is 14.6 Å². The summed E-state index contributed by atoms with van der Waals surface area (Å²) < 4.78 is 5.42. The number of fused-ring (bicyclic) bond motifs is 1. The second-order valence-corrected chi connectivity index (χ2v) is 8.38. The fourth-order valence-corrected chi connectivity index (χ4v) is 4.62. The van der Waals surface area contributed by atoms with E-state index in [1.54, 1.807) is 7.11 Å². The second-order valence-electron chi connectivity index (χ2n) is 8.38. The molecule has 1 atom stereocenters. The summed E-state index contributed by atoms with van der Waals surface area (Å²) in [5, 5.41) is 12.6. The maximum Gasteiger partial charge on any atom is 0.303 e. The van der Waals surface area contributed by atoms with E-state index in [9.17, 15) is 4.79 Å². The molecule has 0 bridgehead atoms. The first-order chi connectivity index (χ1) is 14.9. The number of anilines is 1. The molecule has 0 spiro atoms. The highest BCUT2D eigenvalue weighted by molar-refractivity contribution is 5.73. The monoisotopic (exact) mass is 415 g/mol. The van der Waals surface area contributed by atoms with Crippen LogP contribution in [-0.2, 0) is 17.6 Å². The minimum absolute atomic E-state index is 0.172. The third-order valence-corrected chi connectivity index (χ3v) is 6.15. The molecule has 160 valence electrons. The molecule has 3 aromatic carbocycles. The lowest BCUT2D eigenvalue weighted by Crippen LogP contribution is -2.18. The molecule has 4 nitrogen and oxygen atoms in total. The van der Waals surface area contributed by atoms with Gasteiger partial charge in [0.15, 0.2) is 0 Å². The Bertz CT molecular complexity index is 1100. The van der Waals surface area contributed by atoms with E-state index in [1.807, 2.05) is 6.07 Å². The first-order valence-corrected chi connectivity index (χ1v) is 10.8. The molecule has 0 fully saturated rings. The maximum atomic E-state index is 10.8. The lowest BCUT2D eigenvalue weighted by atomic mass is 9.89. The average Bonchev–Trinajstić information content (AvgIpc) is 2.77. The van der Waals surface area contributed by atoms with E-state index in [2.05, 4.69) is 67.7 Å². The summed E-state index contributed by atoms with van der Waals surface area (Å²) in [6, 6.07) is 19.5. The van der Waals surface area contributed by atoms with Gasteiger partial charge in [0.2, 0.25) is 0 Å². The number of hydrogen-bond donors (Lipinski definition) is 2. The van der Waals surface area contributed by atoms with E-state index in [4.69, 9.17) is 9.84 Å². The third kappa shape index (κ3) is 4.58. The van der Waals surface area contributed by atoms with Crippen molar-refractivity contribution >= 4 is 11.7 Å². The van der Waals surface area contributed by atoms with Crippen molar-refractivity contribution in [3.63, 3.8) is 0 Å². The van der Waals surface area contributed by atoms with Gasteiger partial charge in [-0.15, -0.1) is 0 Å². The molecule has 1 heterocycles. The number of carboxylic acids is 1. The van der Waals surface area contributed by atoms with Crippen LogP contribution in [0.1, 0.15) is 46.7 Å². The molecule has 2 N–H and O–H groups in total. The molecule has 0 amide bonds. The number of rotatable bonds is 6. The summed E-state index contributed by atoms with van der Waals surface area (Å²) in [5.41, 5.74) is 9.72. The van der Waals surface area contributed by atoms with Crippen LogP contribution in [-0.4, -0.2) is 18.2 Å². The van der Waals surface area contributed by atoms with Gasteiger partial charge in [0.1, 0.15) is 5.75 Å². The first-order valence-electron chi connectivity index (χ1n) is 10.8. The summed E-state index contributed by atoms with van der Waals surface area (Å²) in [6.45, 7) is 4.27. The van der Waals surface area contributed by atoms with Crippen molar-refractivity contribution in [1.82, 2.24) is 0 Å². The van der Waals surface area contributed by atoms with Crippen molar-refractivity contribution in [3.05, 3.63) is 82.4 Å². The summed E-state index contributed by atoms with van der Waals surface area (Å²) in [5.74, 6) is 0.140. The van der Waals surface area contributed by atoms with Gasteiger partial charge in [-0.25, -0.2) is 0 Å². The lowest BCUT2D eigenvalue weighted by Gasteiger charge is -2.28. The van der Waals surface area contributed by atoms with E-state index in [-0.39, 0.29) is 12.5 Å². The molecule has 1 aliphatic heterocycles. The molecule has 0 radical (unpaired) electrons. The highest BCUT2D eigenvalue weighted by atomic mass is 16.5. The Hall–Kier alpha value is -3.27. The van der Waals surface area contributed by atoms with Crippen LogP contribution in [0.25, 0.3) is 11.1 Å². The molecule has 0 saturated carbocycles. The first kappa shape index (κ1) is 21.0. The molecular formula is C27H29NO3. The average molecular weight is 416 g/mol. The summed E-state index contributed by atoms with van der Waals surface area (Å²) in [7, 11) is 1.70. The Balaban J connectivity index is 1.57. The Morgan fingerprint density at radius 2 is 1.87 bits per heavy atom. The summed E-state index contributed by atoms with van der Waals surface area (Å²) in [4.78, 5) is 10.8. The van der Waals surface area contributed by atoms with Crippen LogP contribution in [0.4, 0.5) is 5.69 Å². The largest absolute Gasteiger partial charge is 0.497 e. The van der Waals surface area contributed by atoms with Crippen LogP contribution in [0.2, 0.25) is 0 Å². The second kappa shape index (κ2) is 8.84. The van der Waals surface area contributed by atoms with E-state index < -0.39 is 5.97 Å². The summed E-state index contributed by atoms with van der Waals surface area (Å²) in [6.07, 6.45) is 2.75. The molecule has 31 heavy (non-hydrogen) atoms. The number of aryl methyl sites for hydroxylation is 4. The minimum Gasteiger partial charge on any atom is -0.497 e. The van der Waals surface area contributed by atoms with Crippen LogP contribution < -0.4 is 10.1 Å². The number of ether oxygens (including phenoxy) is 1. The predicted molar refractivity (Wildman–Crippen MR) is 125 cm³/mol. The fraction of sp³-hybridized carbons (Fsp3) is 0.296. The quantitative estimate of drug-likeness (QED) is 0.511. The molecule has 1 aliphatic rings. The lowest BCUT2D eigenvalue weighted by molar-refractivity contribution is -0.136. The van der Waals surface area contributed by atoms with Gasteiger partial charge in [0.05, 0.1) is 13.2 Å². The van der Waals surface area contributed by atoms with Gasteiger partial charge in [-0.2, -0.15) is 0 Å². The van der Waals surface area contributed by atoms with Crippen molar-refractivity contribution in [3.8, 4) is 16.9 Å². The number of benzene rings is 3. The predicted octanol–water partition coefficient (Wildman–Crippen LogP) is 6.10. The van der Waals surface area contributed by atoms with Crippen LogP contribution in [0.15, 0.2) is 54.6 Å². The van der Waals surface area contributed by atoms with Crippen LogP contribution in [0, 0.1) is 13.8 Å². The van der Waals surface area contributed by atoms with Gasteiger partial charge < -0.3 is 15.2 Å². The molecule has 0 aliphatic carbocycles. The van der Waals surface area contributed by atoms with Crippen molar-refractivity contribution in [2.24, 2.45) is 0 Å². The summed E-state index contributed by atoms with van der Waals surface area (Å²) >= 11 is 0. The molecule has 0 saturated heterocycles. The van der Waals surface area contributed by atoms with E-state index in [0.717, 1.165) is 29.8 Å². The topological polar surface area (TPSA) is 58.6 Å². The zero-order valence-corrected chi connectivity index (χ0v) is 18.4. The van der Waals surface area contributed by atoms with Crippen LogP contribution >= 0.6 is 0 Å². The molecule has 3 aromatic rings. The number of carboxylic acid groups (broad SMARTS) is 1.